The summed E-state index contributed by atoms with van der Waals surface area (Å²) in [7, 11) is 0. The van der Waals surface area contributed by atoms with Crippen molar-refractivity contribution in [2.75, 3.05) is 0 Å². The van der Waals surface area contributed by atoms with Crippen LogP contribution in [0.4, 0.5) is 0 Å². The highest BCUT2D eigenvalue weighted by molar-refractivity contribution is 14.1. The quantitative estimate of drug-likeness (QED) is 0.427. The van der Waals surface area contributed by atoms with Gasteiger partial charge in [0.25, 0.3) is 0 Å². The van der Waals surface area contributed by atoms with E-state index in [4.69, 9.17) is 0 Å². The molecule has 30 heavy (non-hydrogen) atoms. The normalized spacial score (nSPS) is 29.4. The molecule has 0 fully saturated rings. The Labute approximate surface area is 192 Å². The van der Waals surface area contributed by atoms with Crippen LogP contribution in [-0.4, -0.2) is 0 Å². The van der Waals surface area contributed by atoms with Gasteiger partial charge in [-0.25, -0.2) is 0 Å². The fourth-order valence-electron chi connectivity index (χ4n) is 6.10. The van der Waals surface area contributed by atoms with Crippen LogP contribution >= 0.6 is 22.6 Å². The molecule has 2 aromatic carbocycles. The van der Waals surface area contributed by atoms with Crippen LogP contribution in [0.3, 0.4) is 0 Å². The predicted octanol–water partition coefficient (Wildman–Crippen LogP) is 5.92. The van der Waals surface area contributed by atoms with Gasteiger partial charge in [-0.15, -0.1) is 0 Å². The lowest BCUT2D eigenvalue weighted by molar-refractivity contribution is 0.394. The number of allylic oxidation sites excluding steroid dienone is 8. The third-order valence-corrected chi connectivity index (χ3v) is 8.92. The van der Waals surface area contributed by atoms with Crippen molar-refractivity contribution in [3.8, 4) is 0 Å². The van der Waals surface area contributed by atoms with Crippen molar-refractivity contribution in [3.05, 3.63) is 118 Å². The summed E-state index contributed by atoms with van der Waals surface area (Å²) in [5.41, 5.74) is 6.05. The number of hydrogen-bond donors (Lipinski definition) is 0. The second-order valence-electron chi connectivity index (χ2n) is 9.47. The zero-order valence-corrected chi connectivity index (χ0v) is 19.5. The lowest BCUT2D eigenvalue weighted by Gasteiger charge is -2.32. The van der Waals surface area contributed by atoms with E-state index in [1.807, 2.05) is 0 Å². The van der Waals surface area contributed by atoms with Crippen molar-refractivity contribution in [1.29, 1.82) is 0 Å². The molecule has 0 saturated heterocycles. The molecule has 1 heteroatoms. The smallest absolute Gasteiger partial charge is 0.0189 e. The maximum absolute atomic E-state index is 2.57. The van der Waals surface area contributed by atoms with Gasteiger partial charge in [-0.2, -0.15) is 0 Å². The van der Waals surface area contributed by atoms with Crippen LogP contribution in [-0.2, 0) is 5.41 Å². The second-order valence-corrected chi connectivity index (χ2v) is 10.6. The molecule has 0 N–H and O–H groups in total. The molecule has 4 unspecified atom stereocenters. The van der Waals surface area contributed by atoms with E-state index in [0.29, 0.717) is 23.7 Å². The maximum atomic E-state index is 2.57. The summed E-state index contributed by atoms with van der Waals surface area (Å²) in [5.74, 6) is 1.91. The van der Waals surface area contributed by atoms with Crippen LogP contribution in [0.1, 0.15) is 36.5 Å². The maximum Gasteiger partial charge on any atom is 0.0189 e. The van der Waals surface area contributed by atoms with E-state index < -0.39 is 0 Å². The van der Waals surface area contributed by atoms with Gasteiger partial charge in [0.1, 0.15) is 0 Å². The molecule has 148 valence electrons. The molecule has 0 amide bonds. The summed E-state index contributed by atoms with van der Waals surface area (Å²) in [6.45, 7) is 4.85. The van der Waals surface area contributed by atoms with Gasteiger partial charge in [-0.3, -0.25) is 0 Å². The monoisotopic (exact) mass is 500 g/mol. The molecule has 0 bridgehead atoms. The molecule has 0 nitrogen and oxygen atoms in total. The molecule has 4 aliphatic rings. The largest absolute Gasteiger partial charge is 0.0796 e. The average molecular weight is 500 g/mol. The Bertz CT molecular complexity index is 1300. The summed E-state index contributed by atoms with van der Waals surface area (Å²) >= 11 is 2.57. The Kier molecular flexibility index (Phi) is 4.15. The van der Waals surface area contributed by atoms with Crippen LogP contribution in [0, 0.1) is 17.8 Å². The SMILES string of the molecule is CC1(C)c2cc(C3=c4ccccc4=C(I)C4C=CC=CC34)ccc2C2C=CC=CC21. The van der Waals surface area contributed by atoms with Crippen molar-refractivity contribution in [3.63, 3.8) is 0 Å². The highest BCUT2D eigenvalue weighted by atomic mass is 127. The minimum atomic E-state index is 0.147. The van der Waals surface area contributed by atoms with Crippen LogP contribution in [0.5, 0.6) is 0 Å². The highest BCUT2D eigenvalue weighted by Crippen LogP contribution is 2.53. The molecule has 2 aromatic rings. The highest BCUT2D eigenvalue weighted by Gasteiger charge is 2.44. The molecule has 6 rings (SSSR count). The van der Waals surface area contributed by atoms with Gasteiger partial charge in [0.05, 0.1) is 0 Å². The summed E-state index contributed by atoms with van der Waals surface area (Å²) in [4.78, 5) is 0. The number of fused-ring (bicyclic) bond motifs is 5. The van der Waals surface area contributed by atoms with Gasteiger partial charge in [-0.1, -0.05) is 105 Å². The zero-order chi connectivity index (χ0) is 20.5. The molecule has 4 aliphatic carbocycles. The molecule has 4 atom stereocenters. The molecule has 0 aromatic heterocycles. The third kappa shape index (κ3) is 2.51. The minimum Gasteiger partial charge on any atom is -0.0796 e. The summed E-state index contributed by atoms with van der Waals surface area (Å²) in [6, 6.07) is 16.3. The Morgan fingerprint density at radius 1 is 0.733 bits per heavy atom. The number of benzene rings is 2. The van der Waals surface area contributed by atoms with E-state index in [-0.39, 0.29) is 5.41 Å². The summed E-state index contributed by atoms with van der Waals surface area (Å²) in [5, 5.41) is 2.80. The second kappa shape index (κ2) is 6.68. The van der Waals surface area contributed by atoms with Crippen molar-refractivity contribution in [2.24, 2.45) is 17.8 Å². The van der Waals surface area contributed by atoms with Gasteiger partial charge >= 0.3 is 0 Å². The van der Waals surface area contributed by atoms with Gasteiger partial charge in [-0.05, 0) is 66.6 Å². The first-order valence-corrected chi connectivity index (χ1v) is 12.0. The Morgan fingerprint density at radius 3 is 2.20 bits per heavy atom. The first-order valence-electron chi connectivity index (χ1n) is 10.9. The standard InChI is InChI=1S/C29H25I/c1-29(2)25-14-8-7-9-19(25)20-16-15-18(17-26(20)29)27-21-10-3-5-12-23(21)28(30)24-13-6-4-11-22(24)27/h3-17,19,21,23,25H,1-2H3. The Morgan fingerprint density at radius 2 is 1.40 bits per heavy atom. The molecular formula is C29H25I. The first-order chi connectivity index (χ1) is 14.6. The Balaban J connectivity index is 1.62. The van der Waals surface area contributed by atoms with Crippen LogP contribution in [0.2, 0.25) is 0 Å². The van der Waals surface area contributed by atoms with Crippen molar-refractivity contribution < 1.29 is 0 Å². The molecule has 0 heterocycles. The third-order valence-electron chi connectivity index (χ3n) is 7.62. The van der Waals surface area contributed by atoms with E-state index in [9.17, 15) is 0 Å². The van der Waals surface area contributed by atoms with E-state index >= 15 is 0 Å². The number of rotatable bonds is 1. The molecule has 0 saturated carbocycles. The molecule has 0 radical (unpaired) electrons. The van der Waals surface area contributed by atoms with Crippen LogP contribution in [0.25, 0.3) is 9.15 Å². The van der Waals surface area contributed by atoms with E-state index in [1.54, 1.807) is 0 Å². The van der Waals surface area contributed by atoms with Gasteiger partial charge in [0.2, 0.25) is 0 Å². The van der Waals surface area contributed by atoms with E-state index in [1.165, 1.54) is 36.3 Å². The fraction of sp³-hybridized carbons (Fsp3) is 0.241. The lowest BCUT2D eigenvalue weighted by atomic mass is 9.73. The summed E-state index contributed by atoms with van der Waals surface area (Å²) in [6.07, 6.45) is 18.5. The van der Waals surface area contributed by atoms with Gasteiger partial charge in [0, 0.05) is 21.3 Å². The van der Waals surface area contributed by atoms with Crippen molar-refractivity contribution in [2.45, 2.75) is 25.2 Å². The van der Waals surface area contributed by atoms with Crippen molar-refractivity contribution >= 4 is 31.7 Å². The van der Waals surface area contributed by atoms with Gasteiger partial charge < -0.3 is 0 Å². The van der Waals surface area contributed by atoms with E-state index in [2.05, 4.69) is 128 Å². The van der Waals surface area contributed by atoms with E-state index in [0.717, 1.165) is 0 Å². The van der Waals surface area contributed by atoms with Crippen molar-refractivity contribution in [1.82, 2.24) is 0 Å². The van der Waals surface area contributed by atoms with Crippen LogP contribution in [0.15, 0.2) is 91.1 Å². The number of hydrogen-bond acceptors (Lipinski definition) is 0. The van der Waals surface area contributed by atoms with Crippen LogP contribution < -0.4 is 10.4 Å². The first kappa shape index (κ1) is 18.6. The minimum absolute atomic E-state index is 0.147. The van der Waals surface area contributed by atoms with Gasteiger partial charge in [0.15, 0.2) is 0 Å². The Hall–Kier alpha value is -2.13. The number of halogens is 1. The molecule has 0 spiro atoms. The average Bonchev–Trinajstić information content (AvgIpc) is 3.01. The lowest BCUT2D eigenvalue weighted by Crippen LogP contribution is -2.38. The fourth-order valence-corrected chi connectivity index (χ4v) is 7.17. The molecule has 0 aliphatic heterocycles. The predicted molar refractivity (Wildman–Crippen MR) is 135 cm³/mol. The topological polar surface area (TPSA) is 0 Å². The zero-order valence-electron chi connectivity index (χ0n) is 17.3. The summed E-state index contributed by atoms with van der Waals surface area (Å²) < 4.78 is 1.46. The molecular weight excluding hydrogens is 475 g/mol.